The highest BCUT2D eigenvalue weighted by Crippen LogP contribution is 2.29. The third-order valence-electron chi connectivity index (χ3n) is 3.14. The summed E-state index contributed by atoms with van der Waals surface area (Å²) in [6.45, 7) is 1.10. The molecule has 1 aliphatic heterocycles. The van der Waals surface area contributed by atoms with Crippen molar-refractivity contribution in [1.29, 1.82) is 0 Å². The Labute approximate surface area is 88.1 Å². The zero-order chi connectivity index (χ0) is 10.3. The van der Waals surface area contributed by atoms with Crippen LogP contribution in [0.25, 0.3) is 10.9 Å². The molecule has 0 bridgehead atoms. The van der Waals surface area contributed by atoms with Gasteiger partial charge in [0, 0.05) is 16.6 Å². The van der Waals surface area contributed by atoms with Crippen LogP contribution in [-0.2, 0) is 6.42 Å². The second-order valence-electron chi connectivity index (χ2n) is 4.00. The molecule has 3 heteroatoms. The molecule has 0 aliphatic carbocycles. The van der Waals surface area contributed by atoms with E-state index in [-0.39, 0.29) is 12.6 Å². The summed E-state index contributed by atoms with van der Waals surface area (Å²) in [5, 5.41) is 13.9. The fourth-order valence-corrected chi connectivity index (χ4v) is 2.42. The highest BCUT2D eigenvalue weighted by molar-refractivity contribution is 5.85. The minimum Gasteiger partial charge on any atom is -0.394 e. The Hall–Kier alpha value is -1.32. The summed E-state index contributed by atoms with van der Waals surface area (Å²) in [7, 11) is 0. The van der Waals surface area contributed by atoms with Gasteiger partial charge in [0.25, 0.3) is 0 Å². The van der Waals surface area contributed by atoms with E-state index in [1.807, 2.05) is 6.07 Å². The summed E-state index contributed by atoms with van der Waals surface area (Å²) in [6, 6.07) is 8.39. The minimum atomic E-state index is 0.0705. The number of hydrogen-bond acceptors (Lipinski definition) is 2. The molecule has 1 aliphatic rings. The number of benzene rings is 1. The van der Waals surface area contributed by atoms with Crippen molar-refractivity contribution in [3.05, 3.63) is 35.5 Å². The monoisotopic (exact) mass is 202 g/mol. The number of aliphatic hydroxyl groups is 1. The highest BCUT2D eigenvalue weighted by atomic mass is 16.3. The van der Waals surface area contributed by atoms with Crippen LogP contribution in [0.3, 0.4) is 0 Å². The second kappa shape index (κ2) is 3.36. The molecule has 1 atom stereocenters. The quantitative estimate of drug-likeness (QED) is 0.653. The molecule has 0 spiro atoms. The smallest absolute Gasteiger partial charge is 0.0710 e. The summed E-state index contributed by atoms with van der Waals surface area (Å²) in [6.07, 6.45) is 1.04. The van der Waals surface area contributed by atoms with Crippen molar-refractivity contribution in [3.63, 3.8) is 0 Å². The normalized spacial score (nSPS) is 20.5. The number of aliphatic hydroxyl groups excluding tert-OH is 1. The SMILES string of the molecule is OCC1NCCc2c1[nH]c1ccccc21. The van der Waals surface area contributed by atoms with Gasteiger partial charge in [-0.05, 0) is 24.6 Å². The number of nitrogens with one attached hydrogen (secondary N) is 2. The van der Waals surface area contributed by atoms with Gasteiger partial charge in [-0.2, -0.15) is 0 Å². The molecule has 1 aromatic heterocycles. The maximum atomic E-state index is 9.28. The van der Waals surface area contributed by atoms with Gasteiger partial charge in [0.2, 0.25) is 0 Å². The Balaban J connectivity index is 2.24. The van der Waals surface area contributed by atoms with Gasteiger partial charge in [-0.15, -0.1) is 0 Å². The summed E-state index contributed by atoms with van der Waals surface area (Å²) < 4.78 is 0. The molecule has 78 valence electrons. The van der Waals surface area contributed by atoms with Gasteiger partial charge in [0.1, 0.15) is 0 Å². The van der Waals surface area contributed by atoms with E-state index >= 15 is 0 Å². The van der Waals surface area contributed by atoms with E-state index < -0.39 is 0 Å². The number of aromatic nitrogens is 1. The summed E-state index contributed by atoms with van der Waals surface area (Å²) in [4.78, 5) is 3.39. The van der Waals surface area contributed by atoms with E-state index in [9.17, 15) is 5.11 Å². The van der Waals surface area contributed by atoms with E-state index in [1.54, 1.807) is 0 Å². The Morgan fingerprint density at radius 3 is 3.07 bits per heavy atom. The van der Waals surface area contributed by atoms with Gasteiger partial charge in [-0.1, -0.05) is 18.2 Å². The van der Waals surface area contributed by atoms with Gasteiger partial charge in [0.05, 0.1) is 12.6 Å². The first-order valence-corrected chi connectivity index (χ1v) is 5.34. The van der Waals surface area contributed by atoms with Gasteiger partial charge in [-0.3, -0.25) is 0 Å². The van der Waals surface area contributed by atoms with Crippen LogP contribution in [0.1, 0.15) is 17.3 Å². The fraction of sp³-hybridized carbons (Fsp3) is 0.333. The minimum absolute atomic E-state index is 0.0705. The first-order valence-electron chi connectivity index (χ1n) is 5.34. The molecule has 0 fully saturated rings. The topological polar surface area (TPSA) is 48.0 Å². The van der Waals surface area contributed by atoms with Gasteiger partial charge in [0.15, 0.2) is 0 Å². The Morgan fingerprint density at radius 2 is 2.20 bits per heavy atom. The molecule has 1 unspecified atom stereocenters. The van der Waals surface area contributed by atoms with Gasteiger partial charge < -0.3 is 15.4 Å². The largest absolute Gasteiger partial charge is 0.394 e. The maximum Gasteiger partial charge on any atom is 0.0710 e. The third-order valence-corrected chi connectivity index (χ3v) is 3.14. The van der Waals surface area contributed by atoms with Gasteiger partial charge >= 0.3 is 0 Å². The van der Waals surface area contributed by atoms with Crippen LogP contribution in [0.2, 0.25) is 0 Å². The predicted octanol–water partition coefficient (Wildman–Crippen LogP) is 1.35. The average molecular weight is 202 g/mol. The van der Waals surface area contributed by atoms with E-state index in [0.717, 1.165) is 18.7 Å². The van der Waals surface area contributed by atoms with Crippen molar-refractivity contribution in [2.24, 2.45) is 0 Å². The van der Waals surface area contributed by atoms with E-state index in [2.05, 4.69) is 28.5 Å². The third kappa shape index (κ3) is 1.28. The lowest BCUT2D eigenvalue weighted by Gasteiger charge is -2.22. The molecule has 0 saturated carbocycles. The van der Waals surface area contributed by atoms with Crippen LogP contribution in [0.4, 0.5) is 0 Å². The van der Waals surface area contributed by atoms with Crippen LogP contribution < -0.4 is 5.32 Å². The van der Waals surface area contributed by atoms with Crippen molar-refractivity contribution in [3.8, 4) is 0 Å². The molecule has 0 radical (unpaired) electrons. The van der Waals surface area contributed by atoms with Crippen molar-refractivity contribution >= 4 is 10.9 Å². The number of hydrogen-bond donors (Lipinski definition) is 3. The molecule has 0 amide bonds. The van der Waals surface area contributed by atoms with E-state index in [1.165, 1.54) is 16.5 Å². The lowest BCUT2D eigenvalue weighted by atomic mass is 10.00. The average Bonchev–Trinajstić information content (AvgIpc) is 2.67. The molecule has 2 aromatic rings. The first kappa shape index (κ1) is 8.95. The zero-order valence-corrected chi connectivity index (χ0v) is 8.46. The summed E-state index contributed by atoms with van der Waals surface area (Å²) in [5.41, 5.74) is 3.69. The second-order valence-corrected chi connectivity index (χ2v) is 4.00. The van der Waals surface area contributed by atoms with Crippen molar-refractivity contribution in [2.45, 2.75) is 12.5 Å². The number of aromatic amines is 1. The van der Waals surface area contributed by atoms with Crippen LogP contribution >= 0.6 is 0 Å². The van der Waals surface area contributed by atoms with Crippen LogP contribution in [0.5, 0.6) is 0 Å². The lowest BCUT2D eigenvalue weighted by Crippen LogP contribution is -2.31. The fourth-order valence-electron chi connectivity index (χ4n) is 2.42. The Bertz CT molecular complexity index is 489. The molecule has 2 heterocycles. The summed E-state index contributed by atoms with van der Waals surface area (Å²) in [5.74, 6) is 0. The van der Waals surface area contributed by atoms with Crippen molar-refractivity contribution in [1.82, 2.24) is 10.3 Å². The molecule has 0 saturated heterocycles. The van der Waals surface area contributed by atoms with Crippen LogP contribution in [0.15, 0.2) is 24.3 Å². The Morgan fingerprint density at radius 1 is 1.33 bits per heavy atom. The molecule has 1 aromatic carbocycles. The van der Waals surface area contributed by atoms with Crippen LogP contribution in [0, 0.1) is 0 Å². The number of para-hydroxylation sites is 1. The molecular weight excluding hydrogens is 188 g/mol. The van der Waals surface area contributed by atoms with Crippen molar-refractivity contribution in [2.75, 3.05) is 13.2 Å². The van der Waals surface area contributed by atoms with Gasteiger partial charge in [-0.25, -0.2) is 0 Å². The maximum absolute atomic E-state index is 9.28. The first-order chi connectivity index (χ1) is 7.40. The highest BCUT2D eigenvalue weighted by Gasteiger charge is 2.22. The summed E-state index contributed by atoms with van der Waals surface area (Å²) >= 11 is 0. The molecule has 3 nitrogen and oxygen atoms in total. The molecule has 3 rings (SSSR count). The van der Waals surface area contributed by atoms with E-state index in [4.69, 9.17) is 0 Å². The molecular formula is C12H14N2O. The van der Waals surface area contributed by atoms with Crippen LogP contribution in [-0.4, -0.2) is 23.2 Å². The number of fused-ring (bicyclic) bond motifs is 3. The lowest BCUT2D eigenvalue weighted by molar-refractivity contribution is 0.238. The molecule has 3 N–H and O–H groups in total. The molecule has 15 heavy (non-hydrogen) atoms. The predicted molar refractivity (Wildman–Crippen MR) is 59.8 cm³/mol. The van der Waals surface area contributed by atoms with E-state index in [0.29, 0.717) is 0 Å². The number of H-pyrrole nitrogens is 1. The standard InChI is InChI=1S/C12H14N2O/c15-7-11-12-9(5-6-13-11)8-3-1-2-4-10(8)14-12/h1-4,11,13-15H,5-7H2. The number of rotatable bonds is 1. The van der Waals surface area contributed by atoms with Crippen molar-refractivity contribution < 1.29 is 5.11 Å². The Kier molecular flexibility index (Phi) is 2.01. The zero-order valence-electron chi connectivity index (χ0n) is 8.46.